The fourth-order valence-electron chi connectivity index (χ4n) is 3.71. The molecule has 186 valence electrons. The number of imidazole rings is 1. The van der Waals surface area contributed by atoms with Gasteiger partial charge in [-0.25, -0.2) is 18.2 Å². The lowest BCUT2D eigenvalue weighted by Gasteiger charge is -2.29. The molecule has 1 aromatic carbocycles. The van der Waals surface area contributed by atoms with Crippen molar-refractivity contribution < 1.29 is 22.7 Å². The molecule has 12 heteroatoms. The van der Waals surface area contributed by atoms with Gasteiger partial charge in [-0.05, 0) is 31.9 Å². The third kappa shape index (κ3) is 5.44. The van der Waals surface area contributed by atoms with Gasteiger partial charge in [0.25, 0.3) is 0 Å². The molecule has 34 heavy (non-hydrogen) atoms. The lowest BCUT2D eigenvalue weighted by molar-refractivity contribution is -0.135. The first kappa shape index (κ1) is 26.2. The van der Waals surface area contributed by atoms with Crippen molar-refractivity contribution in [3.8, 4) is 11.3 Å². The van der Waals surface area contributed by atoms with E-state index in [2.05, 4.69) is 36.0 Å². The van der Waals surface area contributed by atoms with E-state index in [-0.39, 0.29) is 19.1 Å². The first-order valence-electron chi connectivity index (χ1n) is 10.9. The van der Waals surface area contributed by atoms with E-state index in [0.29, 0.717) is 11.5 Å². The number of aromatic nitrogens is 2. The molecule has 2 atom stereocenters. The Morgan fingerprint density at radius 2 is 1.85 bits per heavy atom. The van der Waals surface area contributed by atoms with Crippen molar-refractivity contribution in [2.24, 2.45) is 5.92 Å². The van der Waals surface area contributed by atoms with Crippen LogP contribution in [-0.2, 0) is 19.6 Å². The second-order valence-electron chi connectivity index (χ2n) is 8.73. The normalized spacial score (nSPS) is 17.9. The van der Waals surface area contributed by atoms with Gasteiger partial charge in [0.2, 0.25) is 15.9 Å². The van der Waals surface area contributed by atoms with E-state index in [1.807, 2.05) is 24.3 Å². The number of alkyl carbamates (subject to hydrolysis) is 1. The fourth-order valence-corrected chi connectivity index (χ4v) is 5.21. The SMILES string of the molecule is COC(=O)N[C@H](C(=O)N1CN(S(=O)(=O)C(C)C)C[C@H]1c1nc(-c2ccc(Br)cc2)c[nH]1)C(C)C. The molecule has 0 spiro atoms. The van der Waals surface area contributed by atoms with Crippen molar-refractivity contribution >= 4 is 38.0 Å². The number of rotatable bonds is 7. The van der Waals surface area contributed by atoms with E-state index in [1.165, 1.54) is 16.3 Å². The third-order valence-corrected chi connectivity index (χ3v) is 8.45. The zero-order valence-electron chi connectivity index (χ0n) is 19.8. The smallest absolute Gasteiger partial charge is 0.407 e. The third-order valence-electron chi connectivity index (χ3n) is 5.75. The van der Waals surface area contributed by atoms with Crippen LogP contribution in [0.2, 0.25) is 0 Å². The first-order valence-corrected chi connectivity index (χ1v) is 13.2. The summed E-state index contributed by atoms with van der Waals surface area (Å²) in [5, 5.41) is 1.93. The van der Waals surface area contributed by atoms with Gasteiger partial charge in [0.1, 0.15) is 17.9 Å². The van der Waals surface area contributed by atoms with Gasteiger partial charge in [0.15, 0.2) is 0 Å². The van der Waals surface area contributed by atoms with Gasteiger partial charge in [-0.15, -0.1) is 0 Å². The highest BCUT2D eigenvalue weighted by Gasteiger charge is 2.44. The number of aromatic amines is 1. The highest BCUT2D eigenvalue weighted by molar-refractivity contribution is 9.10. The summed E-state index contributed by atoms with van der Waals surface area (Å²) < 4.78 is 32.8. The van der Waals surface area contributed by atoms with E-state index in [9.17, 15) is 18.0 Å². The second-order valence-corrected chi connectivity index (χ2v) is 12.1. The van der Waals surface area contributed by atoms with Gasteiger partial charge in [0.05, 0.1) is 24.7 Å². The lowest BCUT2D eigenvalue weighted by Crippen LogP contribution is -2.51. The number of H-pyrrole nitrogens is 1. The molecule has 2 N–H and O–H groups in total. The van der Waals surface area contributed by atoms with E-state index >= 15 is 0 Å². The van der Waals surface area contributed by atoms with Gasteiger partial charge >= 0.3 is 6.09 Å². The van der Waals surface area contributed by atoms with Crippen LogP contribution in [0.5, 0.6) is 0 Å². The quantitative estimate of drug-likeness (QED) is 0.540. The Morgan fingerprint density at radius 3 is 2.41 bits per heavy atom. The summed E-state index contributed by atoms with van der Waals surface area (Å²) in [5.41, 5.74) is 1.55. The van der Waals surface area contributed by atoms with Crippen molar-refractivity contribution in [2.75, 3.05) is 20.3 Å². The highest BCUT2D eigenvalue weighted by atomic mass is 79.9. The van der Waals surface area contributed by atoms with Crippen molar-refractivity contribution in [1.29, 1.82) is 0 Å². The minimum Gasteiger partial charge on any atom is -0.453 e. The van der Waals surface area contributed by atoms with Gasteiger partial charge in [0, 0.05) is 22.8 Å². The minimum absolute atomic E-state index is 0.0581. The van der Waals surface area contributed by atoms with Crippen molar-refractivity contribution in [2.45, 2.75) is 45.0 Å². The zero-order valence-corrected chi connectivity index (χ0v) is 22.2. The summed E-state index contributed by atoms with van der Waals surface area (Å²) in [5.74, 6) is -0.195. The monoisotopic (exact) mass is 555 g/mol. The van der Waals surface area contributed by atoms with Crippen LogP contribution in [0.25, 0.3) is 11.3 Å². The lowest BCUT2D eigenvalue weighted by atomic mass is 10.0. The second kappa shape index (κ2) is 10.4. The number of benzene rings is 1. The van der Waals surface area contributed by atoms with Crippen LogP contribution in [-0.4, -0.2) is 71.2 Å². The summed E-state index contributed by atoms with van der Waals surface area (Å²) in [7, 11) is -2.41. The maximum absolute atomic E-state index is 13.6. The van der Waals surface area contributed by atoms with Gasteiger partial charge in [-0.3, -0.25) is 4.79 Å². The Bertz CT molecular complexity index is 1130. The van der Waals surface area contributed by atoms with Gasteiger partial charge in [-0.1, -0.05) is 41.9 Å². The molecule has 2 aromatic rings. The number of hydrogen-bond acceptors (Lipinski definition) is 6. The molecule has 0 unspecified atom stereocenters. The summed E-state index contributed by atoms with van der Waals surface area (Å²) in [6.07, 6.45) is 0.998. The fraction of sp³-hybridized carbons (Fsp3) is 0.500. The molecular formula is C22H30BrN5O5S. The molecule has 1 saturated heterocycles. The molecule has 0 saturated carbocycles. The molecule has 2 amide bonds. The number of hydrogen-bond donors (Lipinski definition) is 2. The van der Waals surface area contributed by atoms with E-state index in [4.69, 9.17) is 0 Å². The van der Waals surface area contributed by atoms with Crippen molar-refractivity contribution in [3.63, 3.8) is 0 Å². The standard InChI is InChI=1S/C22H30BrN5O5S/c1-13(2)19(26-22(30)33-5)21(29)28-12-27(34(31,32)14(3)4)11-18(28)20-24-10-17(25-20)15-6-8-16(23)9-7-15/h6-10,13-14,18-19H,11-12H2,1-5H3,(H,24,25)(H,26,30)/t18-,19-/m0/s1. The Hall–Kier alpha value is -2.44. The number of halogens is 1. The van der Waals surface area contributed by atoms with E-state index in [1.54, 1.807) is 33.9 Å². The molecule has 1 aliphatic rings. The molecule has 10 nitrogen and oxygen atoms in total. The zero-order chi connectivity index (χ0) is 25.2. The molecule has 0 radical (unpaired) electrons. The van der Waals surface area contributed by atoms with Gasteiger partial charge in [-0.2, -0.15) is 4.31 Å². The van der Waals surface area contributed by atoms with E-state index < -0.39 is 39.4 Å². The van der Waals surface area contributed by atoms with Crippen LogP contribution in [0.3, 0.4) is 0 Å². The minimum atomic E-state index is -3.63. The van der Waals surface area contributed by atoms with Crippen molar-refractivity contribution in [3.05, 3.63) is 40.8 Å². The number of ether oxygens (including phenoxy) is 1. The first-order chi connectivity index (χ1) is 15.9. The number of nitrogens with one attached hydrogen (secondary N) is 2. The topological polar surface area (TPSA) is 125 Å². The van der Waals surface area contributed by atoms with Gasteiger partial charge < -0.3 is 19.9 Å². The van der Waals surface area contributed by atoms with Crippen LogP contribution in [0.1, 0.15) is 39.6 Å². The predicted octanol–water partition coefficient (Wildman–Crippen LogP) is 3.10. The van der Waals surface area contributed by atoms with Crippen LogP contribution in [0.4, 0.5) is 4.79 Å². The molecular weight excluding hydrogens is 526 g/mol. The number of carbonyl (C=O) groups excluding carboxylic acids is 2. The average molecular weight is 556 g/mol. The van der Waals surface area contributed by atoms with Crippen LogP contribution >= 0.6 is 15.9 Å². The number of nitrogens with zero attached hydrogens (tertiary/aromatic N) is 3. The molecule has 0 bridgehead atoms. The molecule has 1 aliphatic heterocycles. The maximum atomic E-state index is 13.6. The molecule has 1 fully saturated rings. The molecule has 3 rings (SSSR count). The average Bonchev–Trinajstić information content (AvgIpc) is 3.44. The summed E-state index contributed by atoms with van der Waals surface area (Å²) in [4.78, 5) is 34.7. The van der Waals surface area contributed by atoms with Crippen molar-refractivity contribution in [1.82, 2.24) is 24.5 Å². The number of methoxy groups -OCH3 is 1. The Kier molecular flexibility index (Phi) is 8.04. The molecule has 1 aromatic heterocycles. The summed E-state index contributed by atoms with van der Waals surface area (Å²) >= 11 is 3.41. The molecule has 2 heterocycles. The summed E-state index contributed by atoms with van der Waals surface area (Å²) in [6, 6.07) is 6.08. The number of sulfonamides is 1. The maximum Gasteiger partial charge on any atom is 0.407 e. The van der Waals surface area contributed by atoms with Crippen LogP contribution < -0.4 is 5.32 Å². The Balaban J connectivity index is 1.97. The van der Waals surface area contributed by atoms with Crippen LogP contribution in [0, 0.1) is 5.92 Å². The summed E-state index contributed by atoms with van der Waals surface area (Å²) in [6.45, 7) is 6.72. The largest absolute Gasteiger partial charge is 0.453 e. The van der Waals surface area contributed by atoms with E-state index in [0.717, 1.165) is 10.0 Å². The Labute approximate surface area is 208 Å². The number of amides is 2. The van der Waals surface area contributed by atoms with Crippen LogP contribution in [0.15, 0.2) is 34.9 Å². The highest BCUT2D eigenvalue weighted by Crippen LogP contribution is 2.32. The molecule has 0 aliphatic carbocycles. The Morgan fingerprint density at radius 1 is 1.21 bits per heavy atom. The predicted molar refractivity (Wildman–Crippen MR) is 131 cm³/mol. The number of carbonyl (C=O) groups is 2.